The number of aliphatic hydroxyl groups excluding tert-OH is 1. The van der Waals surface area contributed by atoms with Gasteiger partial charge in [0.2, 0.25) is 0 Å². The Labute approximate surface area is 137 Å². The third-order valence-electron chi connectivity index (χ3n) is 5.77. The van der Waals surface area contributed by atoms with Gasteiger partial charge in [-0.1, -0.05) is 17.7 Å². The second-order valence-electron chi connectivity index (χ2n) is 7.11. The molecule has 2 bridgehead atoms. The van der Waals surface area contributed by atoms with Gasteiger partial charge < -0.3 is 5.11 Å². The smallest absolute Gasteiger partial charge is 0.0952 e. The normalized spacial score (nSPS) is 31.2. The molecular weight excluding hydrogens is 284 g/mol. The first-order valence-electron chi connectivity index (χ1n) is 8.57. The van der Waals surface area contributed by atoms with Gasteiger partial charge in [-0.2, -0.15) is 0 Å². The summed E-state index contributed by atoms with van der Waals surface area (Å²) in [6.07, 6.45) is 5.77. The van der Waals surface area contributed by atoms with Crippen LogP contribution in [0.25, 0.3) is 10.9 Å². The van der Waals surface area contributed by atoms with Gasteiger partial charge in [0.25, 0.3) is 0 Å². The average Bonchev–Trinajstić information content (AvgIpc) is 2.60. The first kappa shape index (κ1) is 14.9. The monoisotopic (exact) mass is 308 g/mol. The summed E-state index contributed by atoms with van der Waals surface area (Å²) in [6.45, 7) is 8.21. The van der Waals surface area contributed by atoms with Crippen LogP contribution in [0.5, 0.6) is 0 Å². The van der Waals surface area contributed by atoms with E-state index >= 15 is 0 Å². The molecule has 2 aromatic rings. The highest BCUT2D eigenvalue weighted by Crippen LogP contribution is 2.41. The number of fused-ring (bicyclic) bond motifs is 4. The topological polar surface area (TPSA) is 36.4 Å². The number of benzene rings is 1. The fourth-order valence-corrected chi connectivity index (χ4v) is 4.45. The lowest BCUT2D eigenvalue weighted by atomic mass is 9.73. The van der Waals surface area contributed by atoms with E-state index in [9.17, 15) is 5.11 Å². The second-order valence-corrected chi connectivity index (χ2v) is 7.11. The van der Waals surface area contributed by atoms with E-state index in [1.165, 1.54) is 12.0 Å². The number of aliphatic hydroxyl groups is 1. The maximum Gasteiger partial charge on any atom is 0.0952 e. The minimum Gasteiger partial charge on any atom is -0.387 e. The number of aromatic nitrogens is 1. The van der Waals surface area contributed by atoms with Gasteiger partial charge in [-0.15, -0.1) is 6.58 Å². The first-order chi connectivity index (χ1) is 11.2. The molecule has 5 atom stereocenters. The van der Waals surface area contributed by atoms with Gasteiger partial charge >= 0.3 is 0 Å². The van der Waals surface area contributed by atoms with Gasteiger partial charge in [0, 0.05) is 24.2 Å². The van der Waals surface area contributed by atoms with Gasteiger partial charge in [0.1, 0.15) is 0 Å². The molecule has 4 heterocycles. The Morgan fingerprint density at radius 2 is 2.26 bits per heavy atom. The van der Waals surface area contributed by atoms with Crippen LogP contribution >= 0.6 is 0 Å². The molecule has 5 rings (SSSR count). The van der Waals surface area contributed by atoms with Gasteiger partial charge in [-0.05, 0) is 61.9 Å². The summed E-state index contributed by atoms with van der Waals surface area (Å²) in [5.74, 6) is 1.26. The van der Waals surface area contributed by atoms with E-state index in [0.29, 0.717) is 11.8 Å². The molecule has 3 nitrogen and oxygen atoms in total. The molecule has 3 aliphatic rings. The molecule has 1 unspecified atom stereocenters. The molecule has 3 fully saturated rings. The summed E-state index contributed by atoms with van der Waals surface area (Å²) in [7, 11) is 0. The second kappa shape index (κ2) is 5.73. The van der Waals surface area contributed by atoms with E-state index < -0.39 is 6.10 Å². The Morgan fingerprint density at radius 3 is 3.00 bits per heavy atom. The highest BCUT2D eigenvalue weighted by molar-refractivity contribution is 5.83. The SMILES string of the molecule is C=C[C@H]1CN2CC[C@H]1C[C@@H]2[C@@H](O)c1ccnc2ccc(C)cc12. The fraction of sp³-hybridized carbons (Fsp3) is 0.450. The van der Waals surface area contributed by atoms with E-state index in [0.717, 1.165) is 36.0 Å². The summed E-state index contributed by atoms with van der Waals surface area (Å²) < 4.78 is 0. The maximum atomic E-state index is 11.1. The quantitative estimate of drug-likeness (QED) is 0.882. The molecule has 23 heavy (non-hydrogen) atoms. The van der Waals surface area contributed by atoms with Crippen LogP contribution in [0.2, 0.25) is 0 Å². The highest BCUT2D eigenvalue weighted by Gasteiger charge is 2.42. The van der Waals surface area contributed by atoms with Gasteiger partial charge in [0.05, 0.1) is 11.6 Å². The number of hydrogen-bond donors (Lipinski definition) is 1. The lowest BCUT2D eigenvalue weighted by molar-refractivity contribution is -0.0444. The molecule has 0 saturated carbocycles. The molecule has 3 saturated heterocycles. The van der Waals surface area contributed by atoms with Crippen LogP contribution < -0.4 is 0 Å². The van der Waals surface area contributed by atoms with Crippen LogP contribution in [-0.2, 0) is 0 Å². The van der Waals surface area contributed by atoms with Crippen molar-refractivity contribution in [3.8, 4) is 0 Å². The standard InChI is InChI=1S/C20H24N2O/c1-3-14-12-22-9-7-15(14)11-19(22)20(23)16-6-8-21-18-5-4-13(2)10-17(16)18/h3-6,8,10,14-15,19-20,23H,1,7,9,11-12H2,2H3/t14-,15-,19+,20-/m0/s1. The van der Waals surface area contributed by atoms with Crippen molar-refractivity contribution in [3.63, 3.8) is 0 Å². The molecule has 0 amide bonds. The molecule has 3 heteroatoms. The summed E-state index contributed by atoms with van der Waals surface area (Å²) in [6, 6.07) is 8.47. The van der Waals surface area contributed by atoms with Crippen LogP contribution in [-0.4, -0.2) is 34.1 Å². The zero-order valence-electron chi connectivity index (χ0n) is 13.7. The van der Waals surface area contributed by atoms with E-state index in [4.69, 9.17) is 0 Å². The van der Waals surface area contributed by atoms with Crippen molar-refractivity contribution in [3.05, 3.63) is 54.2 Å². The number of piperidine rings is 3. The zero-order valence-corrected chi connectivity index (χ0v) is 13.7. The third kappa shape index (κ3) is 2.48. The minimum absolute atomic E-state index is 0.219. The van der Waals surface area contributed by atoms with Crippen molar-refractivity contribution in [1.82, 2.24) is 9.88 Å². The molecule has 3 aliphatic heterocycles. The highest BCUT2D eigenvalue weighted by atomic mass is 16.3. The predicted molar refractivity (Wildman–Crippen MR) is 93.2 cm³/mol. The largest absolute Gasteiger partial charge is 0.387 e. The van der Waals surface area contributed by atoms with Crippen molar-refractivity contribution >= 4 is 10.9 Å². The number of hydrogen-bond acceptors (Lipinski definition) is 3. The minimum atomic E-state index is -0.448. The van der Waals surface area contributed by atoms with Crippen molar-refractivity contribution in [2.45, 2.75) is 31.9 Å². The predicted octanol–water partition coefficient (Wildman–Crippen LogP) is 3.47. The van der Waals surface area contributed by atoms with Crippen LogP contribution in [0.1, 0.15) is 30.1 Å². The van der Waals surface area contributed by atoms with Gasteiger partial charge in [0.15, 0.2) is 0 Å². The summed E-state index contributed by atoms with van der Waals surface area (Å²) >= 11 is 0. The Bertz CT molecular complexity index is 741. The van der Waals surface area contributed by atoms with E-state index in [1.54, 1.807) is 0 Å². The van der Waals surface area contributed by atoms with E-state index in [-0.39, 0.29) is 6.04 Å². The van der Waals surface area contributed by atoms with Crippen LogP contribution in [0, 0.1) is 18.8 Å². The first-order valence-corrected chi connectivity index (χ1v) is 8.57. The van der Waals surface area contributed by atoms with Gasteiger partial charge in [-0.25, -0.2) is 0 Å². The lowest BCUT2D eigenvalue weighted by Crippen LogP contribution is -2.54. The van der Waals surface area contributed by atoms with E-state index in [1.807, 2.05) is 18.3 Å². The van der Waals surface area contributed by atoms with Crippen molar-refractivity contribution in [2.24, 2.45) is 11.8 Å². The van der Waals surface area contributed by atoms with Gasteiger partial charge in [-0.3, -0.25) is 9.88 Å². The molecule has 0 radical (unpaired) electrons. The number of rotatable bonds is 3. The summed E-state index contributed by atoms with van der Waals surface area (Å²) in [5, 5.41) is 12.2. The molecule has 1 aromatic heterocycles. The molecular formula is C20H24N2O. The van der Waals surface area contributed by atoms with Crippen molar-refractivity contribution in [2.75, 3.05) is 13.1 Å². The Hall–Kier alpha value is -1.71. The van der Waals surface area contributed by atoms with Crippen molar-refractivity contribution in [1.29, 1.82) is 0 Å². The summed E-state index contributed by atoms with van der Waals surface area (Å²) in [5.41, 5.74) is 3.19. The number of pyridine rings is 1. The van der Waals surface area contributed by atoms with E-state index in [2.05, 4.69) is 41.6 Å². The Kier molecular flexibility index (Phi) is 3.70. The summed E-state index contributed by atoms with van der Waals surface area (Å²) in [4.78, 5) is 6.90. The van der Waals surface area contributed by atoms with Crippen LogP contribution in [0.15, 0.2) is 43.1 Å². The third-order valence-corrected chi connectivity index (χ3v) is 5.77. The molecule has 0 spiro atoms. The Balaban J connectivity index is 1.69. The lowest BCUT2D eigenvalue weighted by Gasteiger charge is -2.50. The molecule has 1 aromatic carbocycles. The maximum absolute atomic E-state index is 11.1. The average molecular weight is 308 g/mol. The zero-order chi connectivity index (χ0) is 16.0. The molecule has 120 valence electrons. The Morgan fingerprint density at radius 1 is 1.39 bits per heavy atom. The number of nitrogens with zero attached hydrogens (tertiary/aromatic N) is 2. The number of aryl methyl sites for hydroxylation is 1. The molecule has 0 aliphatic carbocycles. The van der Waals surface area contributed by atoms with Crippen molar-refractivity contribution < 1.29 is 5.11 Å². The van der Waals surface area contributed by atoms with Crippen LogP contribution in [0.4, 0.5) is 0 Å². The molecule has 1 N–H and O–H groups in total. The van der Waals surface area contributed by atoms with Crippen LogP contribution in [0.3, 0.4) is 0 Å². The fourth-order valence-electron chi connectivity index (χ4n) is 4.45.